The van der Waals surface area contributed by atoms with Crippen LogP contribution >= 0.6 is 34.7 Å². The summed E-state index contributed by atoms with van der Waals surface area (Å²) in [6.07, 6.45) is -0.273. The molecule has 3 aromatic rings. The van der Waals surface area contributed by atoms with Crippen LogP contribution in [0.25, 0.3) is 0 Å². The number of hydrogen-bond acceptors (Lipinski definition) is 9. The zero-order valence-corrected chi connectivity index (χ0v) is 21.0. The molecule has 3 rings (SSSR count). The molecule has 1 aromatic carbocycles. The number of nitrogens with one attached hydrogen (secondary N) is 1. The van der Waals surface area contributed by atoms with E-state index in [1.54, 1.807) is 22.9 Å². The van der Waals surface area contributed by atoms with Crippen LogP contribution in [0.5, 0.6) is 5.75 Å². The first-order valence-electron chi connectivity index (χ1n) is 10.1. The van der Waals surface area contributed by atoms with Crippen LogP contribution in [-0.4, -0.2) is 44.0 Å². The van der Waals surface area contributed by atoms with Gasteiger partial charge in [-0.2, -0.15) is 0 Å². The number of thiazole rings is 1. The predicted molar refractivity (Wildman–Crippen MR) is 128 cm³/mol. The third-order valence-corrected chi connectivity index (χ3v) is 6.50. The van der Waals surface area contributed by atoms with Crippen molar-refractivity contribution < 1.29 is 19.1 Å². The molecule has 0 spiro atoms. The second-order valence-electron chi connectivity index (χ2n) is 7.03. The van der Waals surface area contributed by atoms with Crippen molar-refractivity contribution in [2.24, 2.45) is 7.05 Å². The molecule has 9 nitrogen and oxygen atoms in total. The van der Waals surface area contributed by atoms with E-state index in [0.717, 1.165) is 5.56 Å². The summed E-state index contributed by atoms with van der Waals surface area (Å²) in [5.74, 6) is 0.899. The quantitative estimate of drug-likeness (QED) is 0.320. The SMILES string of the molecule is CCOC(=O)Cc1csc(NC(=O)CSc2nnc(C(C)Oc3ccc(Cl)cc3C)n2C)n1. The Balaban J connectivity index is 1.53. The van der Waals surface area contributed by atoms with Gasteiger partial charge in [-0.15, -0.1) is 21.5 Å². The molecule has 1 amide bonds. The van der Waals surface area contributed by atoms with Crippen LogP contribution in [0, 0.1) is 6.92 Å². The molecule has 33 heavy (non-hydrogen) atoms. The van der Waals surface area contributed by atoms with Gasteiger partial charge in [0.2, 0.25) is 5.91 Å². The lowest BCUT2D eigenvalue weighted by atomic mass is 10.2. The van der Waals surface area contributed by atoms with Crippen molar-refractivity contribution in [2.75, 3.05) is 17.7 Å². The fraction of sp³-hybridized carbons (Fsp3) is 0.381. The highest BCUT2D eigenvalue weighted by molar-refractivity contribution is 7.99. The highest BCUT2D eigenvalue weighted by Gasteiger charge is 2.19. The maximum Gasteiger partial charge on any atom is 0.311 e. The molecule has 176 valence electrons. The Morgan fingerprint density at radius 3 is 2.85 bits per heavy atom. The van der Waals surface area contributed by atoms with Crippen LogP contribution in [0.2, 0.25) is 5.02 Å². The topological polar surface area (TPSA) is 108 Å². The number of nitrogens with zero attached hydrogens (tertiary/aromatic N) is 4. The number of aromatic nitrogens is 4. The van der Waals surface area contributed by atoms with Crippen molar-refractivity contribution >= 4 is 51.7 Å². The predicted octanol–water partition coefficient (Wildman–Crippen LogP) is 4.21. The van der Waals surface area contributed by atoms with Crippen molar-refractivity contribution in [3.63, 3.8) is 0 Å². The molecule has 2 heterocycles. The van der Waals surface area contributed by atoms with Gasteiger partial charge in [0.25, 0.3) is 0 Å². The highest BCUT2D eigenvalue weighted by atomic mass is 35.5. The Hall–Kier alpha value is -2.63. The van der Waals surface area contributed by atoms with Gasteiger partial charge in [0.15, 0.2) is 22.2 Å². The van der Waals surface area contributed by atoms with E-state index in [2.05, 4.69) is 20.5 Å². The molecule has 1 N–H and O–H groups in total. The minimum atomic E-state index is -0.348. The maximum atomic E-state index is 12.3. The van der Waals surface area contributed by atoms with Crippen molar-refractivity contribution in [1.29, 1.82) is 0 Å². The number of carbonyl (C=O) groups excluding carboxylic acids is 2. The van der Waals surface area contributed by atoms with Gasteiger partial charge in [-0.05, 0) is 44.5 Å². The van der Waals surface area contributed by atoms with Crippen molar-refractivity contribution in [2.45, 2.75) is 38.5 Å². The van der Waals surface area contributed by atoms with Gasteiger partial charge < -0.3 is 19.4 Å². The average molecular weight is 510 g/mol. The largest absolute Gasteiger partial charge is 0.482 e. The standard InChI is InChI=1S/C21H24ClN5O4S2/c1-5-30-18(29)9-15-10-32-20(23-15)24-17(28)11-33-21-26-25-19(27(21)4)13(3)31-16-7-6-14(22)8-12(16)2/h6-8,10,13H,5,9,11H2,1-4H3,(H,23,24,28). The molecular weight excluding hydrogens is 486 g/mol. The number of amides is 1. The summed E-state index contributed by atoms with van der Waals surface area (Å²) < 4.78 is 12.7. The first kappa shape index (κ1) is 25.0. The normalized spacial score (nSPS) is 11.8. The minimum Gasteiger partial charge on any atom is -0.482 e. The third kappa shape index (κ3) is 6.92. The smallest absolute Gasteiger partial charge is 0.311 e. The number of halogens is 1. The number of hydrogen-bond donors (Lipinski definition) is 1. The van der Waals surface area contributed by atoms with Gasteiger partial charge in [-0.25, -0.2) is 4.98 Å². The highest BCUT2D eigenvalue weighted by Crippen LogP contribution is 2.28. The molecule has 0 aliphatic heterocycles. The molecule has 2 aromatic heterocycles. The minimum absolute atomic E-state index is 0.0759. The average Bonchev–Trinajstić information content (AvgIpc) is 3.34. The van der Waals surface area contributed by atoms with Crippen LogP contribution < -0.4 is 10.1 Å². The van der Waals surface area contributed by atoms with E-state index in [4.69, 9.17) is 21.1 Å². The Labute approximate surface area is 204 Å². The van der Waals surface area contributed by atoms with Crippen LogP contribution in [-0.2, 0) is 27.8 Å². The van der Waals surface area contributed by atoms with E-state index < -0.39 is 0 Å². The zero-order chi connectivity index (χ0) is 24.0. The number of anilines is 1. The van der Waals surface area contributed by atoms with Gasteiger partial charge in [0.1, 0.15) is 5.75 Å². The Bertz CT molecular complexity index is 1130. The maximum absolute atomic E-state index is 12.3. The van der Waals surface area contributed by atoms with E-state index in [9.17, 15) is 9.59 Å². The van der Waals surface area contributed by atoms with E-state index in [0.29, 0.717) is 39.2 Å². The lowest BCUT2D eigenvalue weighted by Crippen LogP contribution is -2.15. The molecule has 0 radical (unpaired) electrons. The number of ether oxygens (including phenoxy) is 2. The molecular formula is C21H24ClN5O4S2. The fourth-order valence-electron chi connectivity index (χ4n) is 2.88. The number of aryl methyl sites for hydroxylation is 1. The molecule has 0 aliphatic rings. The van der Waals surface area contributed by atoms with E-state index >= 15 is 0 Å². The second kappa shape index (κ2) is 11.5. The first-order chi connectivity index (χ1) is 15.8. The van der Waals surface area contributed by atoms with Crippen LogP contribution in [0.3, 0.4) is 0 Å². The second-order valence-corrected chi connectivity index (χ2v) is 9.27. The number of benzene rings is 1. The van der Waals surface area contributed by atoms with Crippen molar-refractivity contribution in [3.8, 4) is 5.75 Å². The van der Waals surface area contributed by atoms with Crippen LogP contribution in [0.1, 0.15) is 37.0 Å². The number of thioether (sulfide) groups is 1. The monoisotopic (exact) mass is 509 g/mol. The Morgan fingerprint density at radius 1 is 1.33 bits per heavy atom. The number of carbonyl (C=O) groups is 2. The lowest BCUT2D eigenvalue weighted by Gasteiger charge is -2.16. The Morgan fingerprint density at radius 2 is 2.12 bits per heavy atom. The van der Waals surface area contributed by atoms with E-state index in [1.165, 1.54) is 23.1 Å². The molecule has 0 fully saturated rings. The van der Waals surface area contributed by atoms with Crippen molar-refractivity contribution in [1.82, 2.24) is 19.7 Å². The van der Waals surface area contributed by atoms with Gasteiger partial charge in [0, 0.05) is 17.5 Å². The van der Waals surface area contributed by atoms with Gasteiger partial charge >= 0.3 is 5.97 Å². The van der Waals surface area contributed by atoms with Gasteiger partial charge in [0.05, 0.1) is 24.5 Å². The molecule has 0 bridgehead atoms. The molecule has 0 saturated carbocycles. The summed E-state index contributed by atoms with van der Waals surface area (Å²) in [4.78, 5) is 28.1. The zero-order valence-electron chi connectivity index (χ0n) is 18.6. The number of rotatable bonds is 10. The molecule has 0 saturated heterocycles. The summed E-state index contributed by atoms with van der Waals surface area (Å²) in [7, 11) is 1.83. The summed E-state index contributed by atoms with van der Waals surface area (Å²) in [5, 5.41) is 14.5. The molecule has 0 aliphatic carbocycles. The third-order valence-electron chi connectivity index (χ3n) is 4.43. The van der Waals surface area contributed by atoms with Crippen LogP contribution in [0.15, 0.2) is 28.7 Å². The lowest BCUT2D eigenvalue weighted by molar-refractivity contribution is -0.142. The molecule has 1 unspecified atom stereocenters. The summed E-state index contributed by atoms with van der Waals surface area (Å²) in [6, 6.07) is 5.43. The number of esters is 1. The van der Waals surface area contributed by atoms with E-state index in [-0.39, 0.29) is 30.2 Å². The van der Waals surface area contributed by atoms with Gasteiger partial charge in [-0.1, -0.05) is 23.4 Å². The fourth-order valence-corrected chi connectivity index (χ4v) is 4.56. The molecule has 1 atom stereocenters. The van der Waals surface area contributed by atoms with Crippen LogP contribution in [0.4, 0.5) is 5.13 Å². The summed E-state index contributed by atoms with van der Waals surface area (Å²) in [6.45, 7) is 5.87. The van der Waals surface area contributed by atoms with Gasteiger partial charge in [-0.3, -0.25) is 9.59 Å². The summed E-state index contributed by atoms with van der Waals surface area (Å²) >= 11 is 8.51. The molecule has 12 heteroatoms. The van der Waals surface area contributed by atoms with Crippen molar-refractivity contribution in [3.05, 3.63) is 45.7 Å². The summed E-state index contributed by atoms with van der Waals surface area (Å²) in [5.41, 5.74) is 1.49. The first-order valence-corrected chi connectivity index (χ1v) is 12.4. The van der Waals surface area contributed by atoms with E-state index in [1.807, 2.05) is 33.0 Å². The Kier molecular flexibility index (Phi) is 8.70.